The van der Waals surface area contributed by atoms with Crippen LogP contribution in [0.2, 0.25) is 0 Å². The average molecular weight is 223 g/mol. The van der Waals surface area contributed by atoms with E-state index in [-0.39, 0.29) is 0 Å². The predicted octanol–water partition coefficient (Wildman–Crippen LogP) is 1.49. The highest BCUT2D eigenvalue weighted by molar-refractivity contribution is 7.13. The van der Waals surface area contributed by atoms with Gasteiger partial charge in [0.05, 0.1) is 12.1 Å². The van der Waals surface area contributed by atoms with Crippen molar-refractivity contribution in [1.82, 2.24) is 19.7 Å². The lowest BCUT2D eigenvalue weighted by Gasteiger charge is -2.08. The van der Waals surface area contributed by atoms with Crippen molar-refractivity contribution in [2.75, 3.05) is 5.73 Å². The van der Waals surface area contributed by atoms with Gasteiger partial charge < -0.3 is 10.3 Å². The van der Waals surface area contributed by atoms with Crippen molar-refractivity contribution in [3.8, 4) is 0 Å². The van der Waals surface area contributed by atoms with Gasteiger partial charge in [-0.15, -0.1) is 21.5 Å². The summed E-state index contributed by atoms with van der Waals surface area (Å²) in [6.07, 6.45) is 2.43. The van der Waals surface area contributed by atoms with E-state index in [1.807, 2.05) is 9.95 Å². The Morgan fingerprint density at radius 3 is 2.93 bits per heavy atom. The van der Waals surface area contributed by atoms with Gasteiger partial charge in [-0.1, -0.05) is 0 Å². The Labute approximate surface area is 92.0 Å². The molecule has 0 radical (unpaired) electrons. The average Bonchev–Trinajstić information content (AvgIpc) is 2.75. The maximum absolute atomic E-state index is 5.57. The Kier molecular flexibility index (Phi) is 2.68. The van der Waals surface area contributed by atoms with Gasteiger partial charge in [0, 0.05) is 11.4 Å². The van der Waals surface area contributed by atoms with Crippen LogP contribution in [0.4, 0.5) is 5.13 Å². The zero-order valence-corrected chi connectivity index (χ0v) is 9.53. The van der Waals surface area contributed by atoms with E-state index >= 15 is 0 Å². The minimum absolute atomic E-state index is 0.367. The maximum atomic E-state index is 5.57. The number of hydrogen-bond acceptors (Lipinski definition) is 5. The first-order valence-electron chi connectivity index (χ1n) is 4.75. The van der Waals surface area contributed by atoms with Gasteiger partial charge in [-0.05, 0) is 13.8 Å². The second-order valence-electron chi connectivity index (χ2n) is 3.60. The second-order valence-corrected chi connectivity index (χ2v) is 4.49. The molecule has 0 unspecified atom stereocenters. The van der Waals surface area contributed by atoms with Gasteiger partial charge in [0.25, 0.3) is 0 Å². The van der Waals surface area contributed by atoms with Crippen molar-refractivity contribution in [3.63, 3.8) is 0 Å². The minimum Gasteiger partial charge on any atom is -0.375 e. The van der Waals surface area contributed by atoms with Crippen molar-refractivity contribution >= 4 is 16.5 Å². The van der Waals surface area contributed by atoms with Crippen molar-refractivity contribution < 1.29 is 0 Å². The molecule has 5 nitrogen and oxygen atoms in total. The van der Waals surface area contributed by atoms with Crippen LogP contribution in [0.15, 0.2) is 11.7 Å². The number of rotatable bonds is 3. The van der Waals surface area contributed by atoms with Gasteiger partial charge >= 0.3 is 0 Å². The monoisotopic (exact) mass is 223 g/mol. The molecule has 0 amide bonds. The number of aromatic nitrogens is 4. The summed E-state index contributed by atoms with van der Waals surface area (Å²) in [7, 11) is 0. The van der Waals surface area contributed by atoms with Crippen LogP contribution in [0.3, 0.4) is 0 Å². The summed E-state index contributed by atoms with van der Waals surface area (Å²) in [5, 5.41) is 10.5. The topological polar surface area (TPSA) is 69.6 Å². The molecule has 2 heterocycles. The smallest absolute Gasteiger partial charge is 0.180 e. The maximum Gasteiger partial charge on any atom is 0.180 e. The molecule has 0 spiro atoms. The Bertz CT molecular complexity index is 445. The third-order valence-electron chi connectivity index (χ3n) is 2.11. The summed E-state index contributed by atoms with van der Waals surface area (Å²) in [5.41, 5.74) is 6.52. The van der Waals surface area contributed by atoms with Gasteiger partial charge in [0.15, 0.2) is 5.13 Å². The lowest BCUT2D eigenvalue weighted by molar-refractivity contribution is 0.573. The number of nitrogens with two attached hydrogens (primary N) is 1. The van der Waals surface area contributed by atoms with E-state index in [2.05, 4.69) is 29.0 Å². The van der Waals surface area contributed by atoms with Gasteiger partial charge in [0.1, 0.15) is 12.2 Å². The van der Waals surface area contributed by atoms with Crippen LogP contribution in [0.1, 0.15) is 31.4 Å². The number of nitrogen functional groups attached to an aromatic ring is 1. The lowest BCUT2D eigenvalue weighted by atomic mass is 10.3. The summed E-state index contributed by atoms with van der Waals surface area (Å²) in [6, 6.07) is 0.367. The molecular weight excluding hydrogens is 210 g/mol. The molecule has 0 atom stereocenters. The van der Waals surface area contributed by atoms with Crippen molar-refractivity contribution in [2.24, 2.45) is 0 Å². The SMILES string of the molecule is CC(C)n1cnnc1Cc1csc(N)n1. The van der Waals surface area contributed by atoms with Crippen molar-refractivity contribution in [3.05, 3.63) is 23.2 Å². The van der Waals surface area contributed by atoms with E-state index in [1.54, 1.807) is 6.33 Å². The first-order chi connectivity index (χ1) is 7.16. The van der Waals surface area contributed by atoms with Gasteiger partial charge in [-0.25, -0.2) is 4.98 Å². The minimum atomic E-state index is 0.367. The van der Waals surface area contributed by atoms with Crippen LogP contribution < -0.4 is 5.73 Å². The molecule has 15 heavy (non-hydrogen) atoms. The molecule has 0 saturated heterocycles. The molecule has 80 valence electrons. The van der Waals surface area contributed by atoms with E-state index in [1.165, 1.54) is 11.3 Å². The molecule has 0 aromatic carbocycles. The first kappa shape index (κ1) is 10.1. The van der Waals surface area contributed by atoms with E-state index in [0.717, 1.165) is 11.5 Å². The number of thiazole rings is 1. The Morgan fingerprint density at radius 2 is 2.33 bits per heavy atom. The molecular formula is C9H13N5S. The Balaban J connectivity index is 2.20. The van der Waals surface area contributed by atoms with Crippen LogP contribution in [-0.2, 0) is 6.42 Å². The molecule has 0 aliphatic rings. The molecule has 2 aromatic heterocycles. The fraction of sp³-hybridized carbons (Fsp3) is 0.444. The number of nitrogens with zero attached hydrogens (tertiary/aromatic N) is 4. The summed E-state index contributed by atoms with van der Waals surface area (Å²) in [4.78, 5) is 4.20. The van der Waals surface area contributed by atoms with E-state index in [0.29, 0.717) is 17.6 Å². The standard InChI is InChI=1S/C9H13N5S/c1-6(2)14-5-11-13-8(14)3-7-4-15-9(10)12-7/h4-6H,3H2,1-2H3,(H2,10,12). The van der Waals surface area contributed by atoms with Crippen molar-refractivity contribution in [2.45, 2.75) is 26.3 Å². The molecule has 0 saturated carbocycles. The second kappa shape index (κ2) is 3.98. The predicted molar refractivity (Wildman–Crippen MR) is 59.7 cm³/mol. The third-order valence-corrected chi connectivity index (χ3v) is 2.84. The highest BCUT2D eigenvalue weighted by Gasteiger charge is 2.09. The molecule has 0 aliphatic heterocycles. The molecule has 2 N–H and O–H groups in total. The highest BCUT2D eigenvalue weighted by Crippen LogP contribution is 2.15. The third kappa shape index (κ3) is 2.15. The summed E-state index contributed by atoms with van der Waals surface area (Å²) < 4.78 is 2.04. The normalized spacial score (nSPS) is 11.1. The molecule has 0 aliphatic carbocycles. The summed E-state index contributed by atoms with van der Waals surface area (Å²) in [6.45, 7) is 4.20. The largest absolute Gasteiger partial charge is 0.375 e. The number of anilines is 1. The quantitative estimate of drug-likeness (QED) is 0.855. The Morgan fingerprint density at radius 1 is 1.53 bits per heavy atom. The summed E-state index contributed by atoms with van der Waals surface area (Å²) in [5.74, 6) is 0.926. The van der Waals surface area contributed by atoms with Crippen LogP contribution in [-0.4, -0.2) is 19.7 Å². The number of hydrogen-bond donors (Lipinski definition) is 1. The van der Waals surface area contributed by atoms with Gasteiger partial charge in [-0.2, -0.15) is 0 Å². The fourth-order valence-electron chi connectivity index (χ4n) is 1.39. The highest BCUT2D eigenvalue weighted by atomic mass is 32.1. The molecule has 6 heteroatoms. The zero-order chi connectivity index (χ0) is 10.8. The molecule has 0 fully saturated rings. The van der Waals surface area contributed by atoms with E-state index in [4.69, 9.17) is 5.73 Å². The summed E-state index contributed by atoms with van der Waals surface area (Å²) >= 11 is 1.45. The van der Waals surface area contributed by atoms with Crippen molar-refractivity contribution in [1.29, 1.82) is 0 Å². The van der Waals surface area contributed by atoms with E-state index < -0.39 is 0 Å². The van der Waals surface area contributed by atoms with Crippen LogP contribution in [0.25, 0.3) is 0 Å². The molecule has 2 rings (SSSR count). The van der Waals surface area contributed by atoms with E-state index in [9.17, 15) is 0 Å². The van der Waals surface area contributed by atoms with Gasteiger partial charge in [-0.3, -0.25) is 0 Å². The first-order valence-corrected chi connectivity index (χ1v) is 5.63. The van der Waals surface area contributed by atoms with Crippen LogP contribution in [0.5, 0.6) is 0 Å². The zero-order valence-electron chi connectivity index (χ0n) is 8.71. The van der Waals surface area contributed by atoms with Gasteiger partial charge in [0.2, 0.25) is 0 Å². The molecule has 2 aromatic rings. The Hall–Kier alpha value is -1.43. The molecule has 0 bridgehead atoms. The van der Waals surface area contributed by atoms with Crippen LogP contribution >= 0.6 is 11.3 Å². The fourth-order valence-corrected chi connectivity index (χ4v) is 1.95. The lowest BCUT2D eigenvalue weighted by Crippen LogP contribution is -2.06. The van der Waals surface area contributed by atoms with Crippen LogP contribution in [0, 0.1) is 0 Å².